The van der Waals surface area contributed by atoms with Crippen LogP contribution in [0.1, 0.15) is 25.0 Å². The molecule has 0 aliphatic carbocycles. The fraction of sp³-hybridized carbons (Fsp3) is 0.400. The number of carbonyl (C=O) groups excluding carboxylic acids is 2. The van der Waals surface area contributed by atoms with E-state index in [0.717, 1.165) is 37.3 Å². The molecule has 7 nitrogen and oxygen atoms in total. The normalized spacial score (nSPS) is 17.3. The summed E-state index contributed by atoms with van der Waals surface area (Å²) < 4.78 is 5.23. The van der Waals surface area contributed by atoms with Gasteiger partial charge in [0.2, 0.25) is 5.91 Å². The number of benzene rings is 1. The second-order valence-electron chi connectivity index (χ2n) is 6.68. The van der Waals surface area contributed by atoms with Crippen LogP contribution in [-0.2, 0) is 11.3 Å². The van der Waals surface area contributed by atoms with Crippen LogP contribution in [0.4, 0.5) is 10.5 Å². The summed E-state index contributed by atoms with van der Waals surface area (Å²) in [6, 6.07) is 12.9. The minimum Gasteiger partial charge on any atom is -0.467 e. The number of para-hydroxylation sites is 1. The van der Waals surface area contributed by atoms with Gasteiger partial charge in [0.15, 0.2) is 0 Å². The standard InChI is InChI=1S/C20H26N4O3/c25-19(21-14-18-10-6-12-27-18)15-24-11-5-4-9-17(24)13-22-20(26)23-16-7-2-1-3-8-16/h1-3,6-8,10,12,17H,4-5,9,11,13-15H2,(H,21,25)(H2,22,23,26). The van der Waals surface area contributed by atoms with Crippen molar-refractivity contribution in [3.05, 3.63) is 54.5 Å². The van der Waals surface area contributed by atoms with Gasteiger partial charge in [-0.1, -0.05) is 24.6 Å². The Morgan fingerprint density at radius 3 is 2.70 bits per heavy atom. The van der Waals surface area contributed by atoms with E-state index in [1.165, 1.54) is 0 Å². The molecule has 1 unspecified atom stereocenters. The number of amides is 3. The average Bonchev–Trinajstić information content (AvgIpc) is 3.20. The Balaban J connectivity index is 1.43. The third kappa shape index (κ3) is 6.14. The van der Waals surface area contributed by atoms with Crippen molar-refractivity contribution in [2.24, 2.45) is 0 Å². The van der Waals surface area contributed by atoms with Crippen LogP contribution < -0.4 is 16.0 Å². The first-order chi connectivity index (χ1) is 13.2. The summed E-state index contributed by atoms with van der Waals surface area (Å²) in [6.07, 6.45) is 4.74. The van der Waals surface area contributed by atoms with E-state index in [9.17, 15) is 9.59 Å². The second-order valence-corrected chi connectivity index (χ2v) is 6.68. The summed E-state index contributed by atoms with van der Waals surface area (Å²) in [5, 5.41) is 8.61. The molecule has 1 fully saturated rings. The van der Waals surface area contributed by atoms with Crippen LogP contribution in [-0.4, -0.2) is 42.5 Å². The topological polar surface area (TPSA) is 86.6 Å². The third-order valence-corrected chi connectivity index (χ3v) is 4.67. The van der Waals surface area contributed by atoms with Gasteiger partial charge in [0.25, 0.3) is 0 Å². The van der Waals surface area contributed by atoms with Crippen molar-refractivity contribution in [3.8, 4) is 0 Å². The van der Waals surface area contributed by atoms with Crippen molar-refractivity contribution in [2.45, 2.75) is 31.8 Å². The maximum atomic E-state index is 12.2. The average molecular weight is 370 g/mol. The molecule has 1 aromatic carbocycles. The van der Waals surface area contributed by atoms with Crippen LogP contribution >= 0.6 is 0 Å². The molecular weight excluding hydrogens is 344 g/mol. The summed E-state index contributed by atoms with van der Waals surface area (Å²) >= 11 is 0. The zero-order chi connectivity index (χ0) is 18.9. The van der Waals surface area contributed by atoms with E-state index in [2.05, 4.69) is 20.9 Å². The number of urea groups is 1. The Bertz CT molecular complexity index is 718. The molecule has 0 spiro atoms. The highest BCUT2D eigenvalue weighted by Gasteiger charge is 2.24. The number of hydrogen-bond acceptors (Lipinski definition) is 4. The first kappa shape index (κ1) is 19.0. The smallest absolute Gasteiger partial charge is 0.319 e. The van der Waals surface area contributed by atoms with Crippen molar-refractivity contribution in [3.63, 3.8) is 0 Å². The molecule has 1 aliphatic heterocycles. The van der Waals surface area contributed by atoms with Crippen LogP contribution in [0.15, 0.2) is 53.1 Å². The number of nitrogens with zero attached hydrogens (tertiary/aromatic N) is 1. The quantitative estimate of drug-likeness (QED) is 0.699. The van der Waals surface area contributed by atoms with Gasteiger partial charge in [0.05, 0.1) is 19.4 Å². The Morgan fingerprint density at radius 2 is 1.93 bits per heavy atom. The number of carbonyl (C=O) groups is 2. The largest absolute Gasteiger partial charge is 0.467 e. The third-order valence-electron chi connectivity index (χ3n) is 4.67. The maximum Gasteiger partial charge on any atom is 0.319 e. The van der Waals surface area contributed by atoms with Crippen LogP contribution in [0.25, 0.3) is 0 Å². The minimum absolute atomic E-state index is 0.0352. The molecule has 2 aromatic rings. The highest BCUT2D eigenvalue weighted by Crippen LogP contribution is 2.16. The predicted octanol–water partition coefficient (Wildman–Crippen LogP) is 2.57. The summed E-state index contributed by atoms with van der Waals surface area (Å²) in [5.41, 5.74) is 0.757. The molecule has 27 heavy (non-hydrogen) atoms. The van der Waals surface area contributed by atoms with E-state index in [-0.39, 0.29) is 18.0 Å². The molecule has 1 saturated heterocycles. The molecule has 1 aliphatic rings. The van der Waals surface area contributed by atoms with Crippen LogP contribution in [0.2, 0.25) is 0 Å². The number of anilines is 1. The second kappa shape index (κ2) is 9.78. The van der Waals surface area contributed by atoms with Gasteiger partial charge < -0.3 is 20.4 Å². The highest BCUT2D eigenvalue weighted by atomic mass is 16.3. The Kier molecular flexibility index (Phi) is 6.87. The lowest BCUT2D eigenvalue weighted by Crippen LogP contribution is -2.50. The molecule has 3 N–H and O–H groups in total. The first-order valence-electron chi connectivity index (χ1n) is 9.34. The van der Waals surface area contributed by atoms with Crippen LogP contribution in [0, 0.1) is 0 Å². The highest BCUT2D eigenvalue weighted by molar-refractivity contribution is 5.89. The molecular formula is C20H26N4O3. The summed E-state index contributed by atoms with van der Waals surface area (Å²) in [7, 11) is 0. The number of piperidine rings is 1. The fourth-order valence-corrected chi connectivity index (χ4v) is 3.25. The number of hydrogen-bond donors (Lipinski definition) is 3. The van der Waals surface area contributed by atoms with Gasteiger partial charge in [-0.05, 0) is 43.7 Å². The van der Waals surface area contributed by atoms with Gasteiger partial charge in [-0.15, -0.1) is 0 Å². The summed E-state index contributed by atoms with van der Waals surface area (Å²) in [4.78, 5) is 26.5. The van der Waals surface area contributed by atoms with Crippen molar-refractivity contribution in [1.82, 2.24) is 15.5 Å². The molecule has 7 heteroatoms. The summed E-state index contributed by atoms with van der Waals surface area (Å²) in [6.45, 7) is 2.10. The lowest BCUT2D eigenvalue weighted by Gasteiger charge is -2.35. The molecule has 1 aromatic heterocycles. The summed E-state index contributed by atoms with van der Waals surface area (Å²) in [5.74, 6) is 0.699. The molecule has 0 radical (unpaired) electrons. The van der Waals surface area contributed by atoms with E-state index in [4.69, 9.17) is 4.42 Å². The number of nitrogens with one attached hydrogen (secondary N) is 3. The van der Waals surface area contributed by atoms with Crippen molar-refractivity contribution in [1.29, 1.82) is 0 Å². The Labute approximate surface area is 159 Å². The van der Waals surface area contributed by atoms with Crippen molar-refractivity contribution >= 4 is 17.6 Å². The van der Waals surface area contributed by atoms with E-state index in [1.54, 1.807) is 12.3 Å². The van der Waals surface area contributed by atoms with E-state index < -0.39 is 0 Å². The molecule has 144 valence electrons. The van der Waals surface area contributed by atoms with E-state index in [0.29, 0.717) is 19.6 Å². The predicted molar refractivity (Wildman–Crippen MR) is 103 cm³/mol. The zero-order valence-corrected chi connectivity index (χ0v) is 15.3. The van der Waals surface area contributed by atoms with Gasteiger partial charge in [-0.3, -0.25) is 9.69 Å². The van der Waals surface area contributed by atoms with Crippen LogP contribution in [0.3, 0.4) is 0 Å². The lowest BCUT2D eigenvalue weighted by atomic mass is 10.0. The molecule has 0 bridgehead atoms. The monoisotopic (exact) mass is 370 g/mol. The van der Waals surface area contributed by atoms with Crippen molar-refractivity contribution in [2.75, 3.05) is 25.0 Å². The van der Waals surface area contributed by atoms with E-state index in [1.807, 2.05) is 36.4 Å². The molecule has 0 saturated carbocycles. The maximum absolute atomic E-state index is 12.2. The number of likely N-dealkylation sites (tertiary alicyclic amines) is 1. The van der Waals surface area contributed by atoms with Crippen molar-refractivity contribution < 1.29 is 14.0 Å². The van der Waals surface area contributed by atoms with Crippen LogP contribution in [0.5, 0.6) is 0 Å². The zero-order valence-electron chi connectivity index (χ0n) is 15.3. The Morgan fingerprint density at radius 1 is 1.07 bits per heavy atom. The lowest BCUT2D eigenvalue weighted by molar-refractivity contribution is -0.123. The van der Waals surface area contributed by atoms with E-state index >= 15 is 0 Å². The molecule has 3 rings (SSSR count). The molecule has 2 heterocycles. The van der Waals surface area contributed by atoms with Gasteiger partial charge in [-0.25, -0.2) is 4.79 Å². The molecule has 3 amide bonds. The van der Waals surface area contributed by atoms with Gasteiger partial charge >= 0.3 is 6.03 Å². The van der Waals surface area contributed by atoms with Gasteiger partial charge in [0.1, 0.15) is 5.76 Å². The Hall–Kier alpha value is -2.80. The molecule has 1 atom stereocenters. The SMILES string of the molecule is O=C(CN1CCCCC1CNC(=O)Nc1ccccc1)NCc1ccco1. The van der Waals surface area contributed by atoms with Gasteiger partial charge in [0, 0.05) is 18.3 Å². The number of furan rings is 1. The fourth-order valence-electron chi connectivity index (χ4n) is 3.25. The minimum atomic E-state index is -0.228. The first-order valence-corrected chi connectivity index (χ1v) is 9.34. The number of rotatable bonds is 7. The van der Waals surface area contributed by atoms with Gasteiger partial charge in [-0.2, -0.15) is 0 Å².